The van der Waals surface area contributed by atoms with E-state index in [0.29, 0.717) is 22.8 Å². The predicted octanol–water partition coefficient (Wildman–Crippen LogP) is 7.25. The van der Waals surface area contributed by atoms with Gasteiger partial charge in [0.15, 0.2) is 5.76 Å². The lowest BCUT2D eigenvalue weighted by Crippen LogP contribution is -2.08. The number of ether oxygens (including phenoxy) is 1. The zero-order valence-electron chi connectivity index (χ0n) is 17.8. The van der Waals surface area contributed by atoms with E-state index in [2.05, 4.69) is 13.0 Å². The fourth-order valence-electron chi connectivity index (χ4n) is 4.33. The maximum Gasteiger partial charge on any atom is 0.228 e. The highest BCUT2D eigenvalue weighted by Gasteiger charge is 2.25. The highest BCUT2D eigenvalue weighted by Crippen LogP contribution is 2.41. The first kappa shape index (κ1) is 19.8. The number of hydrogen-bond acceptors (Lipinski definition) is 4. The van der Waals surface area contributed by atoms with Gasteiger partial charge in [0, 0.05) is 44.4 Å². The Labute approximate surface area is 195 Å². The number of aromatic nitrogens is 1. The topological polar surface area (TPSA) is 52.3 Å². The summed E-state index contributed by atoms with van der Waals surface area (Å²) in [5.41, 5.74) is 6.72. The summed E-state index contributed by atoms with van der Waals surface area (Å²) < 4.78 is 12.1. The maximum atomic E-state index is 13.4. The summed E-state index contributed by atoms with van der Waals surface area (Å²) in [6.45, 7) is 2.47. The summed E-state index contributed by atoms with van der Waals surface area (Å²) in [4.78, 5) is 18.2. The molecule has 1 aliphatic heterocycles. The maximum absolute atomic E-state index is 13.4. The van der Waals surface area contributed by atoms with E-state index in [1.807, 2.05) is 48.7 Å². The number of benzene rings is 3. The molecule has 0 amide bonds. The van der Waals surface area contributed by atoms with Gasteiger partial charge in [-0.1, -0.05) is 41.4 Å². The number of carbonyl (C=O) groups excluding carboxylic acids is 1. The molecule has 0 N–H and O–H groups in total. The van der Waals surface area contributed by atoms with Gasteiger partial charge in [0.2, 0.25) is 5.78 Å². The Kier molecular flexibility index (Phi) is 4.56. The third-order valence-corrected chi connectivity index (χ3v) is 6.19. The average molecular weight is 452 g/mol. The van der Waals surface area contributed by atoms with Crippen molar-refractivity contribution in [1.82, 2.24) is 4.98 Å². The average Bonchev–Trinajstić information content (AvgIpc) is 3.23. The largest absolute Gasteiger partial charge is 0.488 e. The van der Waals surface area contributed by atoms with Gasteiger partial charge in [0.05, 0.1) is 5.69 Å². The number of halogens is 1. The molecule has 2 aromatic heterocycles. The molecule has 0 radical (unpaired) electrons. The van der Waals surface area contributed by atoms with Crippen LogP contribution in [0.25, 0.3) is 33.4 Å². The minimum absolute atomic E-state index is 0.201. The Hall–Kier alpha value is -3.89. The molecule has 0 saturated carbocycles. The summed E-state index contributed by atoms with van der Waals surface area (Å²) >= 11 is 6.01. The van der Waals surface area contributed by atoms with Gasteiger partial charge in [-0.2, -0.15) is 0 Å². The van der Waals surface area contributed by atoms with Crippen molar-refractivity contribution < 1.29 is 13.9 Å². The van der Waals surface area contributed by atoms with Crippen molar-refractivity contribution in [3.8, 4) is 28.1 Å². The van der Waals surface area contributed by atoms with Crippen LogP contribution in [0.2, 0.25) is 5.02 Å². The first-order valence-corrected chi connectivity index (χ1v) is 11.0. The van der Waals surface area contributed by atoms with Crippen molar-refractivity contribution >= 4 is 28.4 Å². The molecule has 0 spiro atoms. The standard InChI is InChI=1S/C28H18ClNO3/c1-16-6-11-23-22(12-16)26-19(15-32-23)13-18(14-30-26)25-21-4-2-3-5-24(21)33-28(25)27(31)17-7-9-20(29)10-8-17/h2-14H,15H2,1H3. The lowest BCUT2D eigenvalue weighted by molar-refractivity contribution is 0.101. The third-order valence-electron chi connectivity index (χ3n) is 5.94. The van der Waals surface area contributed by atoms with Gasteiger partial charge in [0.25, 0.3) is 0 Å². The number of fused-ring (bicyclic) bond motifs is 4. The molecule has 0 saturated heterocycles. The van der Waals surface area contributed by atoms with Gasteiger partial charge < -0.3 is 9.15 Å². The van der Waals surface area contributed by atoms with Crippen molar-refractivity contribution in [2.45, 2.75) is 13.5 Å². The first-order chi connectivity index (χ1) is 16.1. The zero-order chi connectivity index (χ0) is 22.5. The Morgan fingerprint density at radius 1 is 1.00 bits per heavy atom. The van der Waals surface area contributed by atoms with Crippen LogP contribution in [0.4, 0.5) is 0 Å². The van der Waals surface area contributed by atoms with Gasteiger partial charge >= 0.3 is 0 Å². The molecular formula is C28H18ClNO3. The highest BCUT2D eigenvalue weighted by atomic mass is 35.5. The predicted molar refractivity (Wildman–Crippen MR) is 129 cm³/mol. The number of ketones is 1. The first-order valence-electron chi connectivity index (χ1n) is 10.6. The molecule has 0 bridgehead atoms. The molecule has 5 aromatic rings. The van der Waals surface area contributed by atoms with Crippen molar-refractivity contribution in [2.24, 2.45) is 0 Å². The summed E-state index contributed by atoms with van der Waals surface area (Å²) in [6.07, 6.45) is 1.81. The second-order valence-corrected chi connectivity index (χ2v) is 8.59. The van der Waals surface area contributed by atoms with E-state index >= 15 is 0 Å². The number of para-hydroxylation sites is 1. The lowest BCUT2D eigenvalue weighted by Gasteiger charge is -2.21. The molecule has 3 heterocycles. The minimum atomic E-state index is -0.201. The molecule has 33 heavy (non-hydrogen) atoms. The molecular weight excluding hydrogens is 434 g/mol. The van der Waals surface area contributed by atoms with Crippen LogP contribution in [0.5, 0.6) is 5.75 Å². The molecule has 3 aromatic carbocycles. The third kappa shape index (κ3) is 3.31. The second kappa shape index (κ2) is 7.61. The summed E-state index contributed by atoms with van der Waals surface area (Å²) in [5, 5.41) is 1.44. The van der Waals surface area contributed by atoms with E-state index < -0.39 is 0 Å². The molecule has 160 valence electrons. The lowest BCUT2D eigenvalue weighted by atomic mass is 9.95. The monoisotopic (exact) mass is 451 g/mol. The van der Waals surface area contributed by atoms with Gasteiger partial charge in [-0.3, -0.25) is 9.78 Å². The fourth-order valence-corrected chi connectivity index (χ4v) is 4.46. The van der Waals surface area contributed by atoms with Crippen molar-refractivity contribution in [3.63, 3.8) is 0 Å². The van der Waals surface area contributed by atoms with Crippen LogP contribution < -0.4 is 4.74 Å². The quantitative estimate of drug-likeness (QED) is 0.271. The molecule has 6 rings (SSSR count). The molecule has 0 unspecified atom stereocenters. The van der Waals surface area contributed by atoms with Crippen molar-refractivity contribution in [1.29, 1.82) is 0 Å². The van der Waals surface area contributed by atoms with Crippen LogP contribution in [-0.2, 0) is 6.61 Å². The molecule has 0 atom stereocenters. The van der Waals surface area contributed by atoms with Gasteiger partial charge in [-0.15, -0.1) is 0 Å². The van der Waals surface area contributed by atoms with Gasteiger partial charge in [0.1, 0.15) is 17.9 Å². The highest BCUT2D eigenvalue weighted by molar-refractivity contribution is 6.30. The number of hydrogen-bond donors (Lipinski definition) is 0. The number of carbonyl (C=O) groups is 1. The van der Waals surface area contributed by atoms with Crippen LogP contribution in [0.3, 0.4) is 0 Å². The summed E-state index contributed by atoms with van der Waals surface area (Å²) in [7, 11) is 0. The normalized spacial score (nSPS) is 12.2. The number of pyridine rings is 1. The molecule has 5 heteroatoms. The van der Waals surface area contributed by atoms with Gasteiger partial charge in [-0.25, -0.2) is 0 Å². The van der Waals surface area contributed by atoms with E-state index in [1.165, 1.54) is 0 Å². The second-order valence-electron chi connectivity index (χ2n) is 8.16. The van der Waals surface area contributed by atoms with E-state index in [-0.39, 0.29) is 11.5 Å². The van der Waals surface area contributed by atoms with Crippen LogP contribution in [-0.4, -0.2) is 10.8 Å². The SMILES string of the molecule is Cc1ccc2c(c1)-c1ncc(-c3c(C(=O)c4ccc(Cl)cc4)oc4ccccc34)cc1CO2. The van der Waals surface area contributed by atoms with Crippen LogP contribution in [0.1, 0.15) is 27.2 Å². The van der Waals surface area contributed by atoms with Crippen molar-refractivity contribution in [3.05, 3.63) is 106 Å². The summed E-state index contributed by atoms with van der Waals surface area (Å²) in [6, 6.07) is 22.6. The van der Waals surface area contributed by atoms with Gasteiger partial charge in [-0.05, 0) is 55.5 Å². The Bertz CT molecular complexity index is 1550. The number of nitrogens with zero attached hydrogens (tertiary/aromatic N) is 1. The van der Waals surface area contributed by atoms with Crippen LogP contribution >= 0.6 is 11.6 Å². The summed E-state index contributed by atoms with van der Waals surface area (Å²) in [5.74, 6) is 0.918. The molecule has 0 aliphatic carbocycles. The Morgan fingerprint density at radius 3 is 2.67 bits per heavy atom. The Morgan fingerprint density at radius 2 is 1.82 bits per heavy atom. The number of furan rings is 1. The number of rotatable bonds is 3. The molecule has 1 aliphatic rings. The minimum Gasteiger partial charge on any atom is -0.488 e. The van der Waals surface area contributed by atoms with E-state index in [0.717, 1.165) is 44.6 Å². The fraction of sp³-hybridized carbons (Fsp3) is 0.0714. The van der Waals surface area contributed by atoms with E-state index in [1.54, 1.807) is 24.3 Å². The van der Waals surface area contributed by atoms with E-state index in [4.69, 9.17) is 25.7 Å². The Balaban J connectivity index is 1.53. The van der Waals surface area contributed by atoms with E-state index in [9.17, 15) is 4.79 Å². The zero-order valence-corrected chi connectivity index (χ0v) is 18.5. The molecule has 0 fully saturated rings. The molecule has 4 nitrogen and oxygen atoms in total. The van der Waals surface area contributed by atoms with Crippen LogP contribution in [0, 0.1) is 6.92 Å². The van der Waals surface area contributed by atoms with Crippen LogP contribution in [0.15, 0.2) is 83.4 Å². The smallest absolute Gasteiger partial charge is 0.228 e. The number of aryl methyl sites for hydroxylation is 1. The van der Waals surface area contributed by atoms with Crippen molar-refractivity contribution in [2.75, 3.05) is 0 Å².